The highest BCUT2D eigenvalue weighted by atomic mass is 79.9. The van der Waals surface area contributed by atoms with Gasteiger partial charge in [-0.1, -0.05) is 65.8 Å². The van der Waals surface area contributed by atoms with E-state index in [4.69, 9.17) is 9.97 Å². The molecule has 1 aliphatic carbocycles. The number of halogens is 1. The van der Waals surface area contributed by atoms with Crippen LogP contribution >= 0.6 is 15.9 Å². The molecule has 8 nitrogen and oxygen atoms in total. The fraction of sp³-hybridized carbons (Fsp3) is 0.429. The standard InChI is InChI=1S/C34H41BrN6O2S.CH4/c35-28-14-16-30(17-15-28)44(42,43)37-23-26-12-10-25(11-13-26)22-36-34-39-32-9-5-4-8-31(32)33(40-34)38-29-18-20-41(21-19-29)24-27-6-2-1-3-7-27;/h1-9,14-17,25-26,29,37H,10-13,18-24H2,(H2,36,38,39,40);1H4. The number of rotatable bonds is 11. The second-order valence-electron chi connectivity index (χ2n) is 12.2. The minimum Gasteiger partial charge on any atom is -0.367 e. The van der Waals surface area contributed by atoms with E-state index in [1.54, 1.807) is 24.3 Å². The third kappa shape index (κ3) is 9.03. The molecule has 0 spiro atoms. The third-order valence-corrected chi connectivity index (χ3v) is 10.9. The van der Waals surface area contributed by atoms with E-state index in [0.717, 1.165) is 85.9 Å². The summed E-state index contributed by atoms with van der Waals surface area (Å²) in [5.74, 6) is 2.43. The molecule has 3 aromatic carbocycles. The van der Waals surface area contributed by atoms with Crippen molar-refractivity contribution in [2.45, 2.75) is 63.4 Å². The first kappa shape index (κ1) is 33.3. The molecule has 0 unspecified atom stereocenters. The molecular weight excluding hydrogens is 648 g/mol. The SMILES string of the molecule is C.O=S(=O)(NCC1CCC(CNc2nc(NC3CCN(Cc4ccccc4)CC3)c3ccccc3n2)CC1)c1ccc(Br)cc1. The van der Waals surface area contributed by atoms with Crippen molar-refractivity contribution in [1.29, 1.82) is 0 Å². The molecule has 1 saturated heterocycles. The largest absolute Gasteiger partial charge is 0.367 e. The van der Waals surface area contributed by atoms with Crippen LogP contribution in [0, 0.1) is 11.8 Å². The quantitative estimate of drug-likeness (QED) is 0.152. The minimum atomic E-state index is -3.49. The van der Waals surface area contributed by atoms with Crippen LogP contribution in [0.1, 0.15) is 51.5 Å². The van der Waals surface area contributed by atoms with Gasteiger partial charge in [-0.25, -0.2) is 18.1 Å². The summed E-state index contributed by atoms with van der Waals surface area (Å²) < 4.78 is 29.0. The van der Waals surface area contributed by atoms with Crippen LogP contribution in [0.15, 0.2) is 88.2 Å². The zero-order valence-corrected chi connectivity index (χ0v) is 27.4. The van der Waals surface area contributed by atoms with Crippen LogP contribution < -0.4 is 15.4 Å². The topological polar surface area (TPSA) is 99.2 Å². The number of sulfonamides is 1. The van der Waals surface area contributed by atoms with Crippen molar-refractivity contribution in [2.24, 2.45) is 11.8 Å². The second-order valence-corrected chi connectivity index (χ2v) is 14.8. The second kappa shape index (κ2) is 15.5. The van der Waals surface area contributed by atoms with E-state index < -0.39 is 10.0 Å². The maximum absolute atomic E-state index is 12.7. The van der Waals surface area contributed by atoms with Gasteiger partial charge in [-0.05, 0) is 92.3 Å². The predicted molar refractivity (Wildman–Crippen MR) is 188 cm³/mol. The summed E-state index contributed by atoms with van der Waals surface area (Å²) >= 11 is 3.36. The van der Waals surface area contributed by atoms with Gasteiger partial charge in [-0.15, -0.1) is 0 Å². The van der Waals surface area contributed by atoms with Crippen molar-refractivity contribution < 1.29 is 8.42 Å². The highest BCUT2D eigenvalue weighted by Crippen LogP contribution is 2.30. The zero-order chi connectivity index (χ0) is 30.4. The van der Waals surface area contributed by atoms with Gasteiger partial charge in [0.05, 0.1) is 10.4 Å². The maximum Gasteiger partial charge on any atom is 0.240 e. The normalized spacial score (nSPS) is 19.6. The summed E-state index contributed by atoms with van der Waals surface area (Å²) in [5, 5.41) is 8.34. The van der Waals surface area contributed by atoms with Gasteiger partial charge >= 0.3 is 0 Å². The Morgan fingerprint density at radius 2 is 1.42 bits per heavy atom. The predicted octanol–water partition coefficient (Wildman–Crippen LogP) is 7.30. The highest BCUT2D eigenvalue weighted by molar-refractivity contribution is 9.10. The van der Waals surface area contributed by atoms with Crippen LogP contribution in [0.2, 0.25) is 0 Å². The Bertz CT molecular complexity index is 1620. The molecule has 4 aromatic rings. The minimum absolute atomic E-state index is 0. The summed E-state index contributed by atoms with van der Waals surface area (Å²) in [4.78, 5) is 12.6. The fourth-order valence-electron chi connectivity index (χ4n) is 6.34. The van der Waals surface area contributed by atoms with Crippen molar-refractivity contribution in [3.8, 4) is 0 Å². The number of hydrogen-bond acceptors (Lipinski definition) is 7. The van der Waals surface area contributed by atoms with Gasteiger partial charge < -0.3 is 10.6 Å². The number of nitrogens with one attached hydrogen (secondary N) is 3. The van der Waals surface area contributed by atoms with Crippen LogP contribution in [0.3, 0.4) is 0 Å². The number of fused-ring (bicyclic) bond motifs is 1. The van der Waals surface area contributed by atoms with E-state index in [9.17, 15) is 8.42 Å². The number of benzene rings is 3. The van der Waals surface area contributed by atoms with Gasteiger partial charge in [-0.3, -0.25) is 4.90 Å². The Labute approximate surface area is 276 Å². The molecule has 0 amide bonds. The average Bonchev–Trinajstić information content (AvgIpc) is 3.05. The van der Waals surface area contributed by atoms with Crippen molar-refractivity contribution >= 4 is 48.6 Å². The van der Waals surface area contributed by atoms with Crippen LogP contribution in [-0.2, 0) is 16.6 Å². The summed E-state index contributed by atoms with van der Waals surface area (Å²) in [5.41, 5.74) is 2.31. The summed E-state index contributed by atoms with van der Waals surface area (Å²) in [6, 6.07) is 26.1. The molecule has 0 bridgehead atoms. The lowest BCUT2D eigenvalue weighted by Crippen LogP contribution is -2.38. The average molecular weight is 694 g/mol. The maximum atomic E-state index is 12.7. The monoisotopic (exact) mass is 692 g/mol. The first-order valence-corrected chi connectivity index (χ1v) is 18.0. The van der Waals surface area contributed by atoms with E-state index in [0.29, 0.717) is 35.3 Å². The Morgan fingerprint density at radius 3 is 2.13 bits per heavy atom. The van der Waals surface area contributed by atoms with Crippen molar-refractivity contribution in [1.82, 2.24) is 19.6 Å². The molecular formula is C35H45BrN6O2S. The number of aromatic nitrogens is 2. The zero-order valence-electron chi connectivity index (χ0n) is 25.0. The van der Waals surface area contributed by atoms with Crippen molar-refractivity contribution in [3.05, 3.63) is 88.9 Å². The highest BCUT2D eigenvalue weighted by Gasteiger charge is 2.24. The number of piperidine rings is 1. The Balaban J connectivity index is 0.00000400. The summed E-state index contributed by atoms with van der Waals surface area (Å²) in [6.45, 7) is 4.42. The van der Waals surface area contributed by atoms with Crippen LogP contribution in [0.25, 0.3) is 10.9 Å². The molecule has 0 radical (unpaired) electrons. The Hall–Kier alpha value is -3.05. The molecule has 240 valence electrons. The van der Waals surface area contributed by atoms with E-state index >= 15 is 0 Å². The number of hydrogen-bond donors (Lipinski definition) is 3. The fourth-order valence-corrected chi connectivity index (χ4v) is 7.72. The molecule has 1 aromatic heterocycles. The van der Waals surface area contributed by atoms with Gasteiger partial charge in [0.15, 0.2) is 0 Å². The van der Waals surface area contributed by atoms with E-state index in [1.807, 2.05) is 12.1 Å². The molecule has 0 atom stereocenters. The number of anilines is 2. The molecule has 2 aliphatic rings. The van der Waals surface area contributed by atoms with E-state index in [2.05, 4.69) is 78.7 Å². The molecule has 2 fully saturated rings. The van der Waals surface area contributed by atoms with Crippen molar-refractivity contribution in [3.63, 3.8) is 0 Å². The third-order valence-electron chi connectivity index (χ3n) is 8.98. The smallest absolute Gasteiger partial charge is 0.240 e. The summed E-state index contributed by atoms with van der Waals surface area (Å²) in [7, 11) is -3.49. The van der Waals surface area contributed by atoms with Gasteiger partial charge in [-0.2, -0.15) is 4.98 Å². The molecule has 1 saturated carbocycles. The molecule has 6 rings (SSSR count). The molecule has 10 heteroatoms. The lowest BCUT2D eigenvalue weighted by Gasteiger charge is -2.33. The molecule has 1 aliphatic heterocycles. The summed E-state index contributed by atoms with van der Waals surface area (Å²) in [6.07, 6.45) is 6.27. The Kier molecular flexibility index (Phi) is 11.5. The van der Waals surface area contributed by atoms with Gasteiger partial charge in [0.1, 0.15) is 5.82 Å². The number of nitrogens with zero attached hydrogens (tertiary/aromatic N) is 3. The van der Waals surface area contributed by atoms with Crippen LogP contribution in [0.5, 0.6) is 0 Å². The van der Waals surface area contributed by atoms with E-state index in [-0.39, 0.29) is 7.43 Å². The molecule has 2 heterocycles. The lowest BCUT2D eigenvalue weighted by molar-refractivity contribution is 0.211. The Morgan fingerprint density at radius 1 is 0.778 bits per heavy atom. The van der Waals surface area contributed by atoms with Gasteiger partial charge in [0.25, 0.3) is 0 Å². The van der Waals surface area contributed by atoms with Crippen LogP contribution in [0.4, 0.5) is 11.8 Å². The number of para-hydroxylation sites is 1. The lowest BCUT2D eigenvalue weighted by atomic mass is 9.82. The van der Waals surface area contributed by atoms with E-state index in [1.165, 1.54) is 5.56 Å². The first-order valence-electron chi connectivity index (χ1n) is 15.7. The van der Waals surface area contributed by atoms with Gasteiger partial charge in [0.2, 0.25) is 16.0 Å². The van der Waals surface area contributed by atoms with Crippen LogP contribution in [-0.4, -0.2) is 55.5 Å². The van der Waals surface area contributed by atoms with Gasteiger partial charge in [0, 0.05) is 48.6 Å². The van der Waals surface area contributed by atoms with Crippen molar-refractivity contribution in [2.75, 3.05) is 36.8 Å². The molecule has 3 N–H and O–H groups in total. The molecule has 45 heavy (non-hydrogen) atoms. The first-order chi connectivity index (χ1) is 21.4. The number of likely N-dealkylation sites (tertiary alicyclic amines) is 1.